The molecule has 2 heteroatoms. The van der Waals surface area contributed by atoms with Crippen LogP contribution in [0.5, 0.6) is 0 Å². The quantitative estimate of drug-likeness (QED) is 0.248. The van der Waals surface area contributed by atoms with Gasteiger partial charge in [0.05, 0.1) is 4.08 Å². The van der Waals surface area contributed by atoms with Gasteiger partial charge in [-0.15, -0.1) is 23.5 Å². The average molecular weight is 373 g/mol. The first-order valence-corrected chi connectivity index (χ1v) is 13.0. The van der Waals surface area contributed by atoms with E-state index in [0.717, 1.165) is 0 Å². The van der Waals surface area contributed by atoms with Crippen molar-refractivity contribution in [2.75, 3.05) is 11.5 Å². The second kappa shape index (κ2) is 15.9. The lowest BCUT2D eigenvalue weighted by molar-refractivity contribution is 0.528. The van der Waals surface area contributed by atoms with Crippen LogP contribution in [-0.4, -0.2) is 15.6 Å². The molecular weight excluding hydrogens is 328 g/mol. The lowest BCUT2D eigenvalue weighted by Gasteiger charge is -2.32. The molecule has 0 atom stereocenters. The van der Waals surface area contributed by atoms with Crippen molar-refractivity contribution in [2.24, 2.45) is 0 Å². The zero-order chi connectivity index (χ0) is 17.3. The van der Waals surface area contributed by atoms with Gasteiger partial charge < -0.3 is 0 Å². The molecule has 1 saturated heterocycles. The Kier molecular flexibility index (Phi) is 15.1. The van der Waals surface area contributed by atoms with Gasteiger partial charge in [-0.3, -0.25) is 0 Å². The third-order valence-corrected chi connectivity index (χ3v) is 8.66. The van der Waals surface area contributed by atoms with Crippen LogP contribution in [0.15, 0.2) is 0 Å². The zero-order valence-electron chi connectivity index (χ0n) is 16.8. The summed E-state index contributed by atoms with van der Waals surface area (Å²) in [6.45, 7) is 4.78. The molecule has 1 rings (SSSR count). The summed E-state index contributed by atoms with van der Waals surface area (Å²) in [4.78, 5) is 0. The van der Waals surface area contributed by atoms with E-state index in [-0.39, 0.29) is 0 Å². The van der Waals surface area contributed by atoms with Crippen LogP contribution in [-0.2, 0) is 0 Å². The number of hydrogen-bond acceptors (Lipinski definition) is 2. The van der Waals surface area contributed by atoms with Gasteiger partial charge in [0.15, 0.2) is 0 Å². The Morgan fingerprint density at radius 2 is 0.958 bits per heavy atom. The van der Waals surface area contributed by atoms with Crippen molar-refractivity contribution < 1.29 is 0 Å². The number of rotatable bonds is 16. The van der Waals surface area contributed by atoms with Crippen molar-refractivity contribution in [3.8, 4) is 0 Å². The van der Waals surface area contributed by atoms with Gasteiger partial charge in [-0.05, 0) is 31.3 Å². The first kappa shape index (κ1) is 22.7. The minimum Gasteiger partial charge on any atom is -0.144 e. The van der Waals surface area contributed by atoms with Gasteiger partial charge in [-0.2, -0.15) is 0 Å². The number of hydrogen-bond donors (Lipinski definition) is 0. The predicted octanol–water partition coefficient (Wildman–Crippen LogP) is 8.83. The average Bonchev–Trinajstić information content (AvgIpc) is 2.59. The summed E-state index contributed by atoms with van der Waals surface area (Å²) >= 11 is 4.43. The summed E-state index contributed by atoms with van der Waals surface area (Å²) in [5.74, 6) is 2.78. The fourth-order valence-electron chi connectivity index (χ4n) is 3.64. The molecule has 0 aromatic rings. The standard InChI is InChI=1S/C22H44S2/c1-3-4-5-6-7-8-9-10-11-12-13-14-15-16-17-19-22(2)23-20-18-21-24-22/h3-21H2,1-2H3. The van der Waals surface area contributed by atoms with Crippen LogP contribution in [0.4, 0.5) is 0 Å². The Balaban J connectivity index is 1.73. The van der Waals surface area contributed by atoms with Crippen molar-refractivity contribution in [3.63, 3.8) is 0 Å². The summed E-state index contributed by atoms with van der Waals surface area (Å²) < 4.78 is 0.550. The van der Waals surface area contributed by atoms with Crippen molar-refractivity contribution in [1.29, 1.82) is 0 Å². The highest BCUT2D eigenvalue weighted by Crippen LogP contribution is 2.45. The normalized spacial score (nSPS) is 17.2. The van der Waals surface area contributed by atoms with Crippen LogP contribution in [0.3, 0.4) is 0 Å². The molecule has 1 aliphatic heterocycles. The van der Waals surface area contributed by atoms with Gasteiger partial charge in [0, 0.05) is 0 Å². The maximum absolute atomic E-state index is 2.48. The molecule has 1 aliphatic rings. The molecule has 0 aliphatic carbocycles. The molecule has 0 saturated carbocycles. The Bertz CT molecular complexity index is 259. The van der Waals surface area contributed by atoms with E-state index in [4.69, 9.17) is 0 Å². The molecule has 24 heavy (non-hydrogen) atoms. The van der Waals surface area contributed by atoms with E-state index >= 15 is 0 Å². The van der Waals surface area contributed by atoms with Crippen LogP contribution in [0.1, 0.15) is 123 Å². The predicted molar refractivity (Wildman–Crippen MR) is 117 cm³/mol. The first-order valence-electron chi connectivity index (χ1n) is 11.0. The van der Waals surface area contributed by atoms with Gasteiger partial charge in [-0.25, -0.2) is 0 Å². The minimum atomic E-state index is 0.550. The topological polar surface area (TPSA) is 0 Å². The highest BCUT2D eigenvalue weighted by molar-refractivity contribution is 8.18. The molecule has 0 N–H and O–H groups in total. The van der Waals surface area contributed by atoms with Gasteiger partial charge in [0.1, 0.15) is 0 Å². The molecule has 0 spiro atoms. The maximum atomic E-state index is 2.48. The third-order valence-electron chi connectivity index (χ3n) is 5.34. The Labute approximate surface area is 162 Å². The molecule has 1 heterocycles. The van der Waals surface area contributed by atoms with Gasteiger partial charge in [0.2, 0.25) is 0 Å². The van der Waals surface area contributed by atoms with Crippen LogP contribution in [0.25, 0.3) is 0 Å². The van der Waals surface area contributed by atoms with Crippen molar-refractivity contribution in [3.05, 3.63) is 0 Å². The third kappa shape index (κ3) is 13.0. The van der Waals surface area contributed by atoms with Crippen LogP contribution >= 0.6 is 23.5 Å². The van der Waals surface area contributed by atoms with Crippen molar-refractivity contribution in [1.82, 2.24) is 0 Å². The molecule has 0 aromatic heterocycles. The second-order valence-electron chi connectivity index (χ2n) is 7.88. The molecule has 1 fully saturated rings. The Morgan fingerprint density at radius 1 is 0.583 bits per heavy atom. The summed E-state index contributed by atoms with van der Waals surface area (Å²) in [5.41, 5.74) is 0. The highest BCUT2D eigenvalue weighted by atomic mass is 32.2. The smallest absolute Gasteiger partial charge is 0.0583 e. The number of unbranched alkanes of at least 4 members (excludes halogenated alkanes) is 14. The van der Waals surface area contributed by atoms with E-state index in [0.29, 0.717) is 4.08 Å². The lowest BCUT2D eigenvalue weighted by atomic mass is 10.0. The van der Waals surface area contributed by atoms with Crippen LogP contribution in [0, 0.1) is 0 Å². The summed E-state index contributed by atoms with van der Waals surface area (Å²) in [6.07, 6.45) is 24.9. The SMILES string of the molecule is CCCCCCCCCCCCCCCCCC1(C)SCCCS1. The highest BCUT2D eigenvalue weighted by Gasteiger charge is 2.27. The molecule has 0 unspecified atom stereocenters. The summed E-state index contributed by atoms with van der Waals surface area (Å²) in [5, 5.41) is 0. The molecular formula is C22H44S2. The molecule has 0 amide bonds. The Hall–Kier alpha value is 0.700. The fraction of sp³-hybridized carbons (Fsp3) is 1.00. The lowest BCUT2D eigenvalue weighted by Crippen LogP contribution is -2.20. The summed E-state index contributed by atoms with van der Waals surface area (Å²) in [7, 11) is 0. The fourth-order valence-corrected chi connectivity index (χ4v) is 6.67. The molecule has 0 aromatic carbocycles. The van der Waals surface area contributed by atoms with Crippen LogP contribution < -0.4 is 0 Å². The van der Waals surface area contributed by atoms with Crippen LogP contribution in [0.2, 0.25) is 0 Å². The van der Waals surface area contributed by atoms with Crippen molar-refractivity contribution in [2.45, 2.75) is 127 Å². The molecule has 0 bridgehead atoms. The molecule has 144 valence electrons. The zero-order valence-corrected chi connectivity index (χ0v) is 18.4. The number of thioether (sulfide) groups is 2. The van der Waals surface area contributed by atoms with Gasteiger partial charge >= 0.3 is 0 Å². The van der Waals surface area contributed by atoms with E-state index in [2.05, 4.69) is 37.4 Å². The van der Waals surface area contributed by atoms with E-state index in [1.165, 1.54) is 121 Å². The molecule has 0 nitrogen and oxygen atoms in total. The second-order valence-corrected chi connectivity index (χ2v) is 11.3. The summed E-state index contributed by atoms with van der Waals surface area (Å²) in [6, 6.07) is 0. The van der Waals surface area contributed by atoms with Crippen molar-refractivity contribution >= 4 is 23.5 Å². The van der Waals surface area contributed by atoms with Gasteiger partial charge in [0.25, 0.3) is 0 Å². The van der Waals surface area contributed by atoms with E-state index < -0.39 is 0 Å². The van der Waals surface area contributed by atoms with E-state index in [9.17, 15) is 0 Å². The van der Waals surface area contributed by atoms with E-state index in [1.807, 2.05) is 0 Å². The van der Waals surface area contributed by atoms with Gasteiger partial charge in [-0.1, -0.05) is 103 Å². The first-order chi connectivity index (χ1) is 11.8. The Morgan fingerprint density at radius 3 is 1.38 bits per heavy atom. The maximum Gasteiger partial charge on any atom is 0.0583 e. The largest absolute Gasteiger partial charge is 0.144 e. The molecule has 0 radical (unpaired) electrons. The minimum absolute atomic E-state index is 0.550. The van der Waals surface area contributed by atoms with E-state index in [1.54, 1.807) is 0 Å². The monoisotopic (exact) mass is 372 g/mol.